The third kappa shape index (κ3) is 2.01. The molecule has 1 aliphatic carbocycles. The van der Waals surface area contributed by atoms with Crippen LogP contribution in [0.3, 0.4) is 0 Å². The number of aromatic nitrogens is 3. The topological polar surface area (TPSA) is 64.7 Å². The number of rotatable bonds is 3. The number of nitrogens with one attached hydrogen (secondary N) is 2. The van der Waals surface area contributed by atoms with E-state index in [9.17, 15) is 5.11 Å². The SMILES string of the molecule is Cc1cc(C)c2[nH]ccc2c1C(O)(c1nc2ccccc2[nH]1)C1CC1. The molecule has 0 spiro atoms. The Morgan fingerprint density at radius 2 is 1.92 bits per heavy atom. The number of benzene rings is 2. The first-order valence-corrected chi connectivity index (χ1v) is 8.84. The second-order valence-electron chi connectivity index (χ2n) is 7.29. The molecule has 1 fully saturated rings. The van der Waals surface area contributed by atoms with E-state index in [0.717, 1.165) is 45.9 Å². The Hall–Kier alpha value is -2.59. The van der Waals surface area contributed by atoms with Gasteiger partial charge in [0.1, 0.15) is 5.82 Å². The first-order chi connectivity index (χ1) is 12.1. The van der Waals surface area contributed by atoms with E-state index in [1.807, 2.05) is 30.5 Å². The highest BCUT2D eigenvalue weighted by atomic mass is 16.3. The summed E-state index contributed by atoms with van der Waals surface area (Å²) < 4.78 is 0. The van der Waals surface area contributed by atoms with Crippen LogP contribution in [-0.4, -0.2) is 20.1 Å². The molecule has 0 aliphatic heterocycles. The minimum atomic E-state index is -1.09. The molecule has 1 atom stereocenters. The third-order valence-electron chi connectivity index (χ3n) is 5.54. The summed E-state index contributed by atoms with van der Waals surface area (Å²) in [5, 5.41) is 13.1. The Morgan fingerprint density at radius 3 is 2.68 bits per heavy atom. The van der Waals surface area contributed by atoms with Crippen molar-refractivity contribution in [2.24, 2.45) is 5.92 Å². The number of nitrogens with zero attached hydrogens (tertiary/aromatic N) is 1. The van der Waals surface area contributed by atoms with Crippen LogP contribution in [-0.2, 0) is 5.60 Å². The number of hydrogen-bond donors (Lipinski definition) is 3. The minimum absolute atomic E-state index is 0.201. The van der Waals surface area contributed by atoms with E-state index < -0.39 is 5.60 Å². The van der Waals surface area contributed by atoms with Gasteiger partial charge in [-0.2, -0.15) is 0 Å². The standard InChI is InChI=1S/C21H21N3O/c1-12-11-13(2)19-15(9-10-22-19)18(12)21(25,14-7-8-14)20-23-16-5-3-4-6-17(16)24-20/h3-6,9-11,14,22,25H,7-8H2,1-2H3,(H,23,24). The summed E-state index contributed by atoms with van der Waals surface area (Å²) in [6, 6.07) is 12.2. The first-order valence-electron chi connectivity index (χ1n) is 8.84. The molecule has 126 valence electrons. The smallest absolute Gasteiger partial charge is 0.151 e. The lowest BCUT2D eigenvalue weighted by atomic mass is 9.82. The average molecular weight is 331 g/mol. The predicted molar refractivity (Wildman–Crippen MR) is 99.6 cm³/mol. The van der Waals surface area contributed by atoms with E-state index in [2.05, 4.69) is 35.9 Å². The van der Waals surface area contributed by atoms with Crippen LogP contribution >= 0.6 is 0 Å². The summed E-state index contributed by atoms with van der Waals surface area (Å²) in [6.07, 6.45) is 3.99. The number of aryl methyl sites for hydroxylation is 2. The van der Waals surface area contributed by atoms with E-state index in [4.69, 9.17) is 4.98 Å². The molecule has 4 aromatic rings. The van der Waals surface area contributed by atoms with Crippen molar-refractivity contribution >= 4 is 21.9 Å². The fourth-order valence-electron chi connectivity index (χ4n) is 4.24. The van der Waals surface area contributed by atoms with Crippen LogP contribution in [0.2, 0.25) is 0 Å². The van der Waals surface area contributed by atoms with Gasteiger partial charge in [0.05, 0.1) is 11.0 Å². The van der Waals surface area contributed by atoms with E-state index in [1.165, 1.54) is 5.56 Å². The normalized spacial score (nSPS) is 17.2. The second-order valence-corrected chi connectivity index (χ2v) is 7.29. The first kappa shape index (κ1) is 14.7. The summed E-state index contributed by atoms with van der Waals surface area (Å²) in [7, 11) is 0. The van der Waals surface area contributed by atoms with Gasteiger partial charge in [0, 0.05) is 22.7 Å². The molecule has 1 saturated carbocycles. The number of fused-ring (bicyclic) bond motifs is 2. The Kier molecular flexibility index (Phi) is 2.92. The Balaban J connectivity index is 1.83. The Bertz CT molecular complexity index is 1070. The second kappa shape index (κ2) is 4.96. The molecule has 2 heterocycles. The van der Waals surface area contributed by atoms with Crippen LogP contribution in [0.1, 0.15) is 35.4 Å². The number of para-hydroxylation sites is 2. The van der Waals surface area contributed by atoms with E-state index >= 15 is 0 Å². The average Bonchev–Trinajstić information content (AvgIpc) is 3.18. The summed E-state index contributed by atoms with van der Waals surface area (Å²) >= 11 is 0. The molecule has 2 aromatic heterocycles. The lowest BCUT2D eigenvalue weighted by Crippen LogP contribution is -2.32. The molecule has 0 amide bonds. The number of hydrogen-bond acceptors (Lipinski definition) is 2. The summed E-state index contributed by atoms with van der Waals surface area (Å²) in [5.74, 6) is 0.859. The van der Waals surface area contributed by atoms with Crippen molar-refractivity contribution in [3.05, 3.63) is 65.1 Å². The number of aliphatic hydroxyl groups is 1. The zero-order valence-electron chi connectivity index (χ0n) is 14.4. The van der Waals surface area contributed by atoms with Crippen molar-refractivity contribution in [2.45, 2.75) is 32.3 Å². The fourth-order valence-corrected chi connectivity index (χ4v) is 4.24. The van der Waals surface area contributed by atoms with Crippen LogP contribution in [0.4, 0.5) is 0 Å². The summed E-state index contributed by atoms with van der Waals surface area (Å²) in [5.41, 5.74) is 5.16. The van der Waals surface area contributed by atoms with Gasteiger partial charge in [-0.05, 0) is 61.9 Å². The van der Waals surface area contributed by atoms with Crippen molar-refractivity contribution in [1.82, 2.24) is 15.0 Å². The zero-order valence-corrected chi connectivity index (χ0v) is 14.4. The maximum Gasteiger partial charge on any atom is 0.151 e. The molecule has 3 N–H and O–H groups in total. The molecule has 0 bridgehead atoms. The fraction of sp³-hybridized carbons (Fsp3) is 0.286. The summed E-state index contributed by atoms with van der Waals surface area (Å²) in [4.78, 5) is 11.5. The van der Waals surface area contributed by atoms with Gasteiger partial charge in [-0.15, -0.1) is 0 Å². The molecule has 0 radical (unpaired) electrons. The van der Waals surface area contributed by atoms with Crippen molar-refractivity contribution in [3.63, 3.8) is 0 Å². The highest BCUT2D eigenvalue weighted by Crippen LogP contribution is 2.51. The molecule has 25 heavy (non-hydrogen) atoms. The minimum Gasteiger partial charge on any atom is -0.377 e. The maximum absolute atomic E-state index is 12.0. The van der Waals surface area contributed by atoms with Crippen LogP contribution in [0.5, 0.6) is 0 Å². The quantitative estimate of drug-likeness (QED) is 0.524. The molecule has 1 aliphatic rings. The van der Waals surface area contributed by atoms with Gasteiger partial charge >= 0.3 is 0 Å². The van der Waals surface area contributed by atoms with E-state index in [-0.39, 0.29) is 5.92 Å². The van der Waals surface area contributed by atoms with Gasteiger partial charge in [-0.25, -0.2) is 4.98 Å². The van der Waals surface area contributed by atoms with Gasteiger partial charge in [-0.3, -0.25) is 0 Å². The number of imidazole rings is 1. The van der Waals surface area contributed by atoms with Gasteiger partial charge in [0.15, 0.2) is 5.60 Å². The lowest BCUT2D eigenvalue weighted by molar-refractivity contribution is 0.0492. The van der Waals surface area contributed by atoms with Crippen LogP contribution in [0.15, 0.2) is 42.6 Å². The molecular weight excluding hydrogens is 310 g/mol. The Labute approximate surface area is 145 Å². The Morgan fingerprint density at radius 1 is 1.12 bits per heavy atom. The highest BCUT2D eigenvalue weighted by Gasteiger charge is 2.50. The molecule has 2 aromatic carbocycles. The van der Waals surface area contributed by atoms with E-state index in [0.29, 0.717) is 5.82 Å². The largest absolute Gasteiger partial charge is 0.377 e. The number of H-pyrrole nitrogens is 2. The molecule has 0 saturated heterocycles. The van der Waals surface area contributed by atoms with Gasteiger partial charge in [0.2, 0.25) is 0 Å². The van der Waals surface area contributed by atoms with Crippen LogP contribution in [0, 0.1) is 19.8 Å². The van der Waals surface area contributed by atoms with Crippen molar-refractivity contribution in [2.75, 3.05) is 0 Å². The third-order valence-corrected chi connectivity index (χ3v) is 5.54. The predicted octanol–water partition coefficient (Wildman–Crippen LogP) is 4.31. The summed E-state index contributed by atoms with van der Waals surface area (Å²) in [6.45, 7) is 4.19. The molecule has 5 rings (SSSR count). The monoisotopic (exact) mass is 331 g/mol. The van der Waals surface area contributed by atoms with Gasteiger partial charge < -0.3 is 15.1 Å². The molecular formula is C21H21N3O. The molecule has 1 unspecified atom stereocenters. The van der Waals surface area contributed by atoms with Crippen molar-refractivity contribution < 1.29 is 5.11 Å². The zero-order chi connectivity index (χ0) is 17.2. The molecule has 4 heteroatoms. The van der Waals surface area contributed by atoms with Crippen LogP contribution < -0.4 is 0 Å². The maximum atomic E-state index is 12.0. The van der Waals surface area contributed by atoms with Gasteiger partial charge in [0.25, 0.3) is 0 Å². The van der Waals surface area contributed by atoms with Crippen molar-refractivity contribution in [1.29, 1.82) is 0 Å². The highest BCUT2D eigenvalue weighted by molar-refractivity contribution is 5.88. The van der Waals surface area contributed by atoms with E-state index in [1.54, 1.807) is 0 Å². The van der Waals surface area contributed by atoms with Crippen molar-refractivity contribution in [3.8, 4) is 0 Å². The molecule has 4 nitrogen and oxygen atoms in total. The van der Waals surface area contributed by atoms with Crippen LogP contribution in [0.25, 0.3) is 21.9 Å². The lowest BCUT2D eigenvalue weighted by Gasteiger charge is -2.29. The van der Waals surface area contributed by atoms with Gasteiger partial charge in [-0.1, -0.05) is 18.2 Å². The number of aromatic amines is 2.